The second-order valence-corrected chi connectivity index (χ2v) is 3.44. The van der Waals surface area contributed by atoms with Gasteiger partial charge < -0.3 is 10.6 Å². The summed E-state index contributed by atoms with van der Waals surface area (Å²) in [4.78, 5) is 28.1. The van der Waals surface area contributed by atoms with E-state index in [9.17, 15) is 9.59 Å². The van der Waals surface area contributed by atoms with Crippen molar-refractivity contribution in [1.82, 2.24) is 9.88 Å². The molecular weight excluding hydrogens is 194 g/mol. The zero-order valence-corrected chi connectivity index (χ0v) is 8.14. The van der Waals surface area contributed by atoms with Crippen LogP contribution in [-0.2, 0) is 0 Å². The fourth-order valence-corrected chi connectivity index (χ4v) is 1.40. The Morgan fingerprint density at radius 1 is 1.40 bits per heavy atom. The molecule has 78 valence electrons. The van der Waals surface area contributed by atoms with E-state index in [4.69, 9.17) is 5.73 Å². The van der Waals surface area contributed by atoms with Crippen molar-refractivity contribution in [2.75, 3.05) is 13.1 Å². The molecule has 2 rings (SSSR count). The summed E-state index contributed by atoms with van der Waals surface area (Å²) in [6, 6.07) is 3.02. The minimum absolute atomic E-state index is 0.0637. The van der Waals surface area contributed by atoms with E-state index in [2.05, 4.69) is 4.98 Å². The number of aromatic nitrogens is 1. The van der Waals surface area contributed by atoms with Gasteiger partial charge >= 0.3 is 0 Å². The van der Waals surface area contributed by atoms with Crippen LogP contribution >= 0.6 is 0 Å². The molecule has 2 N–H and O–H groups in total. The first-order valence-corrected chi connectivity index (χ1v) is 4.73. The molecule has 15 heavy (non-hydrogen) atoms. The Morgan fingerprint density at radius 3 is 2.67 bits per heavy atom. The fourth-order valence-electron chi connectivity index (χ4n) is 1.40. The Hall–Kier alpha value is -1.91. The van der Waals surface area contributed by atoms with Crippen molar-refractivity contribution < 1.29 is 9.59 Å². The lowest BCUT2D eigenvalue weighted by Gasteiger charge is -2.30. The molecule has 0 radical (unpaired) electrons. The predicted molar refractivity (Wildman–Crippen MR) is 53.3 cm³/mol. The molecule has 1 aliphatic heterocycles. The van der Waals surface area contributed by atoms with Gasteiger partial charge in [0, 0.05) is 24.8 Å². The minimum Gasteiger partial charge on any atom is -0.364 e. The van der Waals surface area contributed by atoms with Crippen LogP contribution in [0.25, 0.3) is 0 Å². The second kappa shape index (κ2) is 3.68. The molecule has 5 heteroatoms. The molecule has 0 aliphatic carbocycles. The smallest absolute Gasteiger partial charge is 0.267 e. The number of carbonyl (C=O) groups is 2. The number of pyridine rings is 1. The van der Waals surface area contributed by atoms with E-state index in [1.54, 1.807) is 11.0 Å². The van der Waals surface area contributed by atoms with Gasteiger partial charge in [0.25, 0.3) is 11.8 Å². The van der Waals surface area contributed by atoms with E-state index in [-0.39, 0.29) is 11.6 Å². The zero-order valence-electron chi connectivity index (χ0n) is 8.14. The molecule has 0 aromatic carbocycles. The molecule has 1 aromatic heterocycles. The van der Waals surface area contributed by atoms with Crippen LogP contribution in [0.4, 0.5) is 0 Å². The van der Waals surface area contributed by atoms with Crippen molar-refractivity contribution >= 4 is 11.8 Å². The van der Waals surface area contributed by atoms with Crippen molar-refractivity contribution in [3.63, 3.8) is 0 Å². The van der Waals surface area contributed by atoms with Gasteiger partial charge in [-0.25, -0.2) is 0 Å². The standard InChI is InChI=1S/C10H11N3O2/c11-9(14)8-6-7(2-3-12-8)10(15)13-4-1-5-13/h2-3,6H,1,4-5H2,(H2,11,14). The van der Waals surface area contributed by atoms with Crippen LogP contribution in [0.2, 0.25) is 0 Å². The molecule has 1 aromatic rings. The van der Waals surface area contributed by atoms with Crippen LogP contribution in [0.1, 0.15) is 27.3 Å². The Labute approximate surface area is 86.9 Å². The molecule has 0 spiro atoms. The topological polar surface area (TPSA) is 76.3 Å². The van der Waals surface area contributed by atoms with Gasteiger partial charge in [0.05, 0.1) is 0 Å². The van der Waals surface area contributed by atoms with Crippen molar-refractivity contribution in [2.45, 2.75) is 6.42 Å². The second-order valence-electron chi connectivity index (χ2n) is 3.44. The lowest BCUT2D eigenvalue weighted by Crippen LogP contribution is -2.42. The maximum absolute atomic E-state index is 11.7. The van der Waals surface area contributed by atoms with E-state index in [0.29, 0.717) is 5.56 Å². The van der Waals surface area contributed by atoms with Crippen LogP contribution in [0.3, 0.4) is 0 Å². The Kier molecular flexibility index (Phi) is 2.37. The van der Waals surface area contributed by atoms with Crippen molar-refractivity contribution in [3.8, 4) is 0 Å². The van der Waals surface area contributed by atoms with Crippen LogP contribution in [0, 0.1) is 0 Å². The third-order valence-electron chi connectivity index (χ3n) is 2.40. The molecule has 2 amide bonds. The number of carbonyl (C=O) groups excluding carboxylic acids is 2. The predicted octanol–water partition coefficient (Wildman–Crippen LogP) is 0.0264. The summed E-state index contributed by atoms with van der Waals surface area (Å²) in [5, 5.41) is 0. The third kappa shape index (κ3) is 1.81. The lowest BCUT2D eigenvalue weighted by atomic mass is 10.1. The Balaban J connectivity index is 2.23. The highest BCUT2D eigenvalue weighted by Gasteiger charge is 2.22. The molecule has 1 saturated heterocycles. The normalized spacial score (nSPS) is 14.5. The molecule has 0 bridgehead atoms. The Morgan fingerprint density at radius 2 is 2.13 bits per heavy atom. The maximum atomic E-state index is 11.7. The number of hydrogen-bond acceptors (Lipinski definition) is 3. The highest BCUT2D eigenvalue weighted by molar-refractivity contribution is 5.98. The number of likely N-dealkylation sites (tertiary alicyclic amines) is 1. The first kappa shape index (κ1) is 9.64. The van der Waals surface area contributed by atoms with Crippen LogP contribution in [0.5, 0.6) is 0 Å². The molecule has 0 atom stereocenters. The number of hydrogen-bond donors (Lipinski definition) is 1. The van der Waals surface area contributed by atoms with E-state index < -0.39 is 5.91 Å². The zero-order chi connectivity index (χ0) is 10.8. The number of nitrogens with zero attached hydrogens (tertiary/aromatic N) is 2. The summed E-state index contributed by atoms with van der Waals surface area (Å²) in [7, 11) is 0. The van der Waals surface area contributed by atoms with E-state index in [1.165, 1.54) is 12.3 Å². The van der Waals surface area contributed by atoms with Crippen molar-refractivity contribution in [2.24, 2.45) is 5.73 Å². The summed E-state index contributed by atoms with van der Waals surface area (Å²) >= 11 is 0. The number of nitrogens with two attached hydrogens (primary N) is 1. The van der Waals surface area contributed by atoms with E-state index in [0.717, 1.165) is 19.5 Å². The van der Waals surface area contributed by atoms with Gasteiger partial charge in [0.1, 0.15) is 5.69 Å². The third-order valence-corrected chi connectivity index (χ3v) is 2.40. The van der Waals surface area contributed by atoms with Crippen molar-refractivity contribution in [1.29, 1.82) is 0 Å². The summed E-state index contributed by atoms with van der Waals surface area (Å²) < 4.78 is 0. The number of rotatable bonds is 2. The average Bonchev–Trinajstić information content (AvgIpc) is 2.15. The van der Waals surface area contributed by atoms with Crippen LogP contribution in [0.15, 0.2) is 18.3 Å². The van der Waals surface area contributed by atoms with Gasteiger partial charge in [0.15, 0.2) is 0 Å². The fraction of sp³-hybridized carbons (Fsp3) is 0.300. The van der Waals surface area contributed by atoms with E-state index in [1.807, 2.05) is 0 Å². The van der Waals surface area contributed by atoms with Crippen LogP contribution in [-0.4, -0.2) is 34.8 Å². The summed E-state index contributed by atoms with van der Waals surface area (Å²) in [5.41, 5.74) is 5.68. The van der Waals surface area contributed by atoms with Crippen LogP contribution < -0.4 is 5.73 Å². The first-order chi connectivity index (χ1) is 7.18. The molecule has 2 heterocycles. The quantitative estimate of drug-likeness (QED) is 0.739. The molecule has 1 aliphatic rings. The summed E-state index contributed by atoms with van der Waals surface area (Å²) in [6.45, 7) is 1.57. The summed E-state index contributed by atoms with van der Waals surface area (Å²) in [6.07, 6.45) is 2.46. The van der Waals surface area contributed by atoms with Crippen molar-refractivity contribution in [3.05, 3.63) is 29.6 Å². The first-order valence-electron chi connectivity index (χ1n) is 4.73. The van der Waals surface area contributed by atoms with Gasteiger partial charge in [0.2, 0.25) is 0 Å². The highest BCUT2D eigenvalue weighted by atomic mass is 16.2. The lowest BCUT2D eigenvalue weighted by molar-refractivity contribution is 0.0651. The maximum Gasteiger partial charge on any atom is 0.267 e. The Bertz CT molecular complexity index is 413. The van der Waals surface area contributed by atoms with Gasteiger partial charge in [-0.1, -0.05) is 0 Å². The SMILES string of the molecule is NC(=O)c1cc(C(=O)N2CCC2)ccn1. The van der Waals surface area contributed by atoms with Gasteiger partial charge in [-0.05, 0) is 18.6 Å². The van der Waals surface area contributed by atoms with Gasteiger partial charge in [-0.3, -0.25) is 14.6 Å². The molecule has 0 unspecified atom stereocenters. The molecule has 0 saturated carbocycles. The minimum atomic E-state index is -0.617. The molecular formula is C10H11N3O2. The molecule has 5 nitrogen and oxygen atoms in total. The largest absolute Gasteiger partial charge is 0.364 e. The average molecular weight is 205 g/mol. The summed E-state index contributed by atoms with van der Waals surface area (Å²) in [5.74, 6) is -0.681. The van der Waals surface area contributed by atoms with E-state index >= 15 is 0 Å². The monoisotopic (exact) mass is 205 g/mol. The van der Waals surface area contributed by atoms with Gasteiger partial charge in [-0.2, -0.15) is 0 Å². The number of primary amides is 1. The van der Waals surface area contributed by atoms with Gasteiger partial charge in [-0.15, -0.1) is 0 Å². The molecule has 1 fully saturated rings. The number of amides is 2. The highest BCUT2D eigenvalue weighted by Crippen LogP contribution is 2.12.